The molecule has 14 heavy (non-hydrogen) atoms. The van der Waals surface area contributed by atoms with E-state index in [0.717, 1.165) is 5.54 Å². The standard InChI is InChI=1S/C13H30Si/c1-3-4-5-6-7-8-9-10-11-12-13(2)14/h13H,3-12H2,1-2,14H3. The van der Waals surface area contributed by atoms with E-state index < -0.39 is 0 Å². The average molecular weight is 214 g/mol. The highest BCUT2D eigenvalue weighted by Gasteiger charge is 1.94. The molecule has 1 atom stereocenters. The van der Waals surface area contributed by atoms with E-state index in [1.165, 1.54) is 74.5 Å². The molecule has 1 heteroatoms. The van der Waals surface area contributed by atoms with E-state index in [-0.39, 0.29) is 0 Å². The smallest absolute Gasteiger partial charge is 0.00637 e. The molecule has 0 aliphatic rings. The van der Waals surface area contributed by atoms with E-state index in [1.807, 2.05) is 0 Å². The summed E-state index contributed by atoms with van der Waals surface area (Å²) in [6.07, 6.45) is 14.7. The van der Waals surface area contributed by atoms with Crippen LogP contribution in [0.1, 0.15) is 78.1 Å². The van der Waals surface area contributed by atoms with Crippen LogP contribution in [0.5, 0.6) is 0 Å². The van der Waals surface area contributed by atoms with E-state index in [1.54, 1.807) is 0 Å². The number of unbranched alkanes of at least 4 members (excludes halogenated alkanes) is 8. The predicted octanol–water partition coefficient (Wildman–Crippen LogP) is 4.08. The minimum absolute atomic E-state index is 1.04. The lowest BCUT2D eigenvalue weighted by Gasteiger charge is -2.04. The molecule has 0 saturated heterocycles. The van der Waals surface area contributed by atoms with Gasteiger partial charge in [0.1, 0.15) is 0 Å². The van der Waals surface area contributed by atoms with Gasteiger partial charge in [-0.3, -0.25) is 0 Å². The normalized spacial score (nSPS) is 13.3. The van der Waals surface area contributed by atoms with Crippen molar-refractivity contribution in [3.8, 4) is 0 Å². The molecule has 0 aliphatic heterocycles. The molecule has 0 aromatic carbocycles. The molecule has 0 N–H and O–H groups in total. The topological polar surface area (TPSA) is 0 Å². The molecule has 0 fully saturated rings. The Hall–Kier alpha value is 0.217. The van der Waals surface area contributed by atoms with Gasteiger partial charge in [-0.05, 0) is 0 Å². The molecule has 0 rings (SSSR count). The summed E-state index contributed by atoms with van der Waals surface area (Å²) in [6, 6.07) is 0. The van der Waals surface area contributed by atoms with Crippen LogP contribution in [0.4, 0.5) is 0 Å². The molecule has 0 nitrogen and oxygen atoms in total. The molecule has 0 saturated carbocycles. The summed E-state index contributed by atoms with van der Waals surface area (Å²) in [5.74, 6) is 0. The first-order chi connectivity index (χ1) is 6.77. The van der Waals surface area contributed by atoms with Crippen LogP contribution in [-0.4, -0.2) is 10.2 Å². The van der Waals surface area contributed by atoms with Crippen molar-refractivity contribution in [1.29, 1.82) is 0 Å². The molecule has 86 valence electrons. The summed E-state index contributed by atoms with van der Waals surface area (Å²) in [5.41, 5.74) is 1.04. The van der Waals surface area contributed by atoms with Gasteiger partial charge in [-0.15, -0.1) is 0 Å². The van der Waals surface area contributed by atoms with Crippen molar-refractivity contribution < 1.29 is 0 Å². The highest BCUT2D eigenvalue weighted by atomic mass is 28.1. The first-order valence-electron chi connectivity index (χ1n) is 6.77. The molecule has 0 heterocycles. The number of rotatable bonds is 10. The van der Waals surface area contributed by atoms with Crippen molar-refractivity contribution in [3.05, 3.63) is 0 Å². The van der Waals surface area contributed by atoms with E-state index in [2.05, 4.69) is 13.8 Å². The average Bonchev–Trinajstić information content (AvgIpc) is 2.15. The second kappa shape index (κ2) is 11.3. The van der Waals surface area contributed by atoms with E-state index in [9.17, 15) is 0 Å². The van der Waals surface area contributed by atoms with Crippen molar-refractivity contribution >= 4 is 10.2 Å². The molecule has 0 aliphatic carbocycles. The second-order valence-corrected chi connectivity index (χ2v) is 6.98. The predicted molar refractivity (Wildman–Crippen MR) is 71.2 cm³/mol. The van der Waals surface area contributed by atoms with Crippen LogP contribution in [0.2, 0.25) is 5.54 Å². The SMILES string of the molecule is CCCCCCCCCCCC(C)[SiH3]. The molecule has 0 bridgehead atoms. The van der Waals surface area contributed by atoms with Crippen LogP contribution in [0.3, 0.4) is 0 Å². The molecular formula is C13H30Si. The highest BCUT2D eigenvalue weighted by molar-refractivity contribution is 6.11. The zero-order chi connectivity index (χ0) is 10.6. The van der Waals surface area contributed by atoms with Gasteiger partial charge in [-0.2, -0.15) is 0 Å². The fourth-order valence-electron chi connectivity index (χ4n) is 1.86. The Balaban J connectivity index is 2.85. The van der Waals surface area contributed by atoms with Gasteiger partial charge in [0.2, 0.25) is 0 Å². The lowest BCUT2D eigenvalue weighted by atomic mass is 10.1. The van der Waals surface area contributed by atoms with Crippen LogP contribution >= 0.6 is 0 Å². The molecule has 0 amide bonds. The zero-order valence-electron chi connectivity index (χ0n) is 10.6. The van der Waals surface area contributed by atoms with Crippen LogP contribution in [-0.2, 0) is 0 Å². The van der Waals surface area contributed by atoms with Crippen LogP contribution in [0.15, 0.2) is 0 Å². The van der Waals surface area contributed by atoms with E-state index >= 15 is 0 Å². The van der Waals surface area contributed by atoms with Crippen molar-refractivity contribution in [2.24, 2.45) is 0 Å². The van der Waals surface area contributed by atoms with Crippen LogP contribution < -0.4 is 0 Å². The van der Waals surface area contributed by atoms with E-state index in [0.29, 0.717) is 0 Å². The van der Waals surface area contributed by atoms with Gasteiger partial charge in [0.25, 0.3) is 0 Å². The third-order valence-electron chi connectivity index (χ3n) is 2.89. The van der Waals surface area contributed by atoms with Crippen molar-refractivity contribution in [1.82, 2.24) is 0 Å². The Morgan fingerprint density at radius 1 is 0.786 bits per heavy atom. The Morgan fingerprint density at radius 2 is 1.21 bits per heavy atom. The van der Waals surface area contributed by atoms with Gasteiger partial charge in [-0.25, -0.2) is 0 Å². The minimum Gasteiger partial charge on any atom is -0.0658 e. The van der Waals surface area contributed by atoms with Crippen molar-refractivity contribution in [2.75, 3.05) is 0 Å². The minimum atomic E-state index is 1.04. The fraction of sp³-hybridized carbons (Fsp3) is 1.00. The summed E-state index contributed by atoms with van der Waals surface area (Å²) in [7, 11) is 1.39. The van der Waals surface area contributed by atoms with Gasteiger partial charge >= 0.3 is 0 Å². The maximum atomic E-state index is 2.39. The second-order valence-electron chi connectivity index (χ2n) is 5.01. The lowest BCUT2D eigenvalue weighted by molar-refractivity contribution is 0.554. The van der Waals surface area contributed by atoms with Gasteiger partial charge in [0.05, 0.1) is 0 Å². The summed E-state index contributed by atoms with van der Waals surface area (Å²) in [4.78, 5) is 0. The Labute approximate surface area is 94.3 Å². The molecule has 0 aromatic rings. The molecule has 1 unspecified atom stereocenters. The van der Waals surface area contributed by atoms with Crippen molar-refractivity contribution in [3.63, 3.8) is 0 Å². The highest BCUT2D eigenvalue weighted by Crippen LogP contribution is 2.13. The summed E-state index contributed by atoms with van der Waals surface area (Å²) in [6.45, 7) is 4.67. The largest absolute Gasteiger partial charge is 0.0658 e. The number of hydrogen-bond acceptors (Lipinski definition) is 0. The van der Waals surface area contributed by atoms with Gasteiger partial charge in [0.15, 0.2) is 0 Å². The third-order valence-corrected chi connectivity index (χ3v) is 3.46. The molecule has 0 radical (unpaired) electrons. The maximum Gasteiger partial charge on any atom is 0.00637 e. The Kier molecular flexibility index (Phi) is 11.5. The van der Waals surface area contributed by atoms with Gasteiger partial charge in [0, 0.05) is 10.2 Å². The van der Waals surface area contributed by atoms with Crippen molar-refractivity contribution in [2.45, 2.75) is 83.6 Å². The lowest BCUT2D eigenvalue weighted by Crippen LogP contribution is -1.86. The molecular weight excluding hydrogens is 184 g/mol. The third kappa shape index (κ3) is 12.2. The van der Waals surface area contributed by atoms with Crippen LogP contribution in [0, 0.1) is 0 Å². The maximum absolute atomic E-state index is 2.39. The monoisotopic (exact) mass is 214 g/mol. The molecule has 0 spiro atoms. The van der Waals surface area contributed by atoms with Gasteiger partial charge < -0.3 is 0 Å². The number of hydrogen-bond donors (Lipinski definition) is 0. The zero-order valence-corrected chi connectivity index (χ0v) is 12.6. The Bertz CT molecular complexity index is 99.4. The van der Waals surface area contributed by atoms with Crippen LogP contribution in [0.25, 0.3) is 0 Å². The summed E-state index contributed by atoms with van der Waals surface area (Å²) in [5, 5.41) is 0. The molecule has 0 aromatic heterocycles. The summed E-state index contributed by atoms with van der Waals surface area (Å²) >= 11 is 0. The first-order valence-corrected chi connectivity index (χ1v) is 7.92. The quantitative estimate of drug-likeness (QED) is 0.380. The summed E-state index contributed by atoms with van der Waals surface area (Å²) < 4.78 is 0. The van der Waals surface area contributed by atoms with Gasteiger partial charge in [-0.1, -0.05) is 83.6 Å². The Morgan fingerprint density at radius 3 is 1.64 bits per heavy atom. The fourth-order valence-corrected chi connectivity index (χ4v) is 2.27. The van der Waals surface area contributed by atoms with E-state index in [4.69, 9.17) is 0 Å². The first kappa shape index (κ1) is 14.2.